The molecule has 1 heterocycles. The van der Waals surface area contributed by atoms with Crippen LogP contribution in [0.1, 0.15) is 26.7 Å². The molecule has 20 heavy (non-hydrogen) atoms. The first-order valence-corrected chi connectivity index (χ1v) is 8.32. The number of ether oxygens (including phenoxy) is 2. The third-order valence-electron chi connectivity index (χ3n) is 3.51. The van der Waals surface area contributed by atoms with Crippen molar-refractivity contribution in [3.8, 4) is 11.5 Å². The lowest BCUT2D eigenvalue weighted by Gasteiger charge is -2.22. The molecular formula is C15H23NO3S. The van der Waals surface area contributed by atoms with Crippen LogP contribution in [-0.2, 0) is 10.8 Å². The number of benzene rings is 1. The zero-order chi connectivity index (χ0) is 14.6. The van der Waals surface area contributed by atoms with Gasteiger partial charge in [0.15, 0.2) is 11.5 Å². The van der Waals surface area contributed by atoms with Gasteiger partial charge in [-0.15, -0.1) is 0 Å². The van der Waals surface area contributed by atoms with Crippen LogP contribution in [0.4, 0.5) is 0 Å². The molecule has 1 aromatic rings. The minimum absolute atomic E-state index is 0.122. The van der Waals surface area contributed by atoms with E-state index in [9.17, 15) is 4.21 Å². The first-order valence-electron chi connectivity index (χ1n) is 7.00. The third-order valence-corrected chi connectivity index (χ3v) is 4.95. The van der Waals surface area contributed by atoms with E-state index in [4.69, 9.17) is 15.2 Å². The Morgan fingerprint density at radius 1 is 1.25 bits per heavy atom. The van der Waals surface area contributed by atoms with Crippen molar-refractivity contribution in [2.45, 2.75) is 31.6 Å². The second-order valence-electron chi connectivity index (χ2n) is 5.83. The molecule has 0 amide bonds. The first kappa shape index (κ1) is 15.3. The Balaban J connectivity index is 1.93. The highest BCUT2D eigenvalue weighted by Gasteiger charge is 2.17. The summed E-state index contributed by atoms with van der Waals surface area (Å²) in [6, 6.07) is 5.53. The number of nitrogens with two attached hydrogens (primary N) is 1. The van der Waals surface area contributed by atoms with Crippen LogP contribution in [0.15, 0.2) is 23.1 Å². The van der Waals surface area contributed by atoms with Gasteiger partial charge in [0.25, 0.3) is 0 Å². The number of fused-ring (bicyclic) bond motifs is 1. The average molecular weight is 297 g/mol. The van der Waals surface area contributed by atoms with Gasteiger partial charge >= 0.3 is 0 Å². The Morgan fingerprint density at radius 2 is 1.95 bits per heavy atom. The molecule has 1 aliphatic heterocycles. The third kappa shape index (κ3) is 3.96. The van der Waals surface area contributed by atoms with Gasteiger partial charge in [-0.25, -0.2) is 0 Å². The summed E-state index contributed by atoms with van der Waals surface area (Å²) >= 11 is 0. The van der Waals surface area contributed by atoms with Crippen LogP contribution >= 0.6 is 0 Å². The summed E-state index contributed by atoms with van der Waals surface area (Å²) in [5.41, 5.74) is 5.83. The molecule has 1 unspecified atom stereocenters. The van der Waals surface area contributed by atoms with Crippen LogP contribution in [0.3, 0.4) is 0 Å². The van der Waals surface area contributed by atoms with Crippen LogP contribution in [-0.4, -0.2) is 29.7 Å². The van der Waals surface area contributed by atoms with Crippen LogP contribution < -0.4 is 15.2 Å². The van der Waals surface area contributed by atoms with Crippen LogP contribution in [0.5, 0.6) is 11.5 Å². The van der Waals surface area contributed by atoms with E-state index in [1.54, 1.807) is 0 Å². The van der Waals surface area contributed by atoms with Crippen molar-refractivity contribution in [2.75, 3.05) is 25.5 Å². The molecule has 5 heteroatoms. The summed E-state index contributed by atoms with van der Waals surface area (Å²) < 4.78 is 23.3. The van der Waals surface area contributed by atoms with E-state index in [2.05, 4.69) is 13.8 Å². The van der Waals surface area contributed by atoms with Crippen LogP contribution in [0.25, 0.3) is 0 Å². The van der Waals surface area contributed by atoms with Crippen molar-refractivity contribution in [3.63, 3.8) is 0 Å². The maximum atomic E-state index is 12.3. The number of hydrogen-bond acceptors (Lipinski definition) is 4. The summed E-state index contributed by atoms with van der Waals surface area (Å²) in [5, 5.41) is 0. The molecule has 112 valence electrons. The Kier molecular flexibility index (Phi) is 5.05. The second-order valence-corrected chi connectivity index (χ2v) is 7.40. The van der Waals surface area contributed by atoms with Crippen LogP contribution in [0, 0.1) is 5.41 Å². The van der Waals surface area contributed by atoms with Gasteiger partial charge in [-0.05, 0) is 36.9 Å². The lowest BCUT2D eigenvalue weighted by atomic mass is 9.88. The minimum Gasteiger partial charge on any atom is -0.486 e. The fourth-order valence-corrected chi connectivity index (χ4v) is 3.17. The van der Waals surface area contributed by atoms with Gasteiger partial charge in [0.2, 0.25) is 0 Å². The van der Waals surface area contributed by atoms with Gasteiger partial charge in [0, 0.05) is 16.7 Å². The molecule has 0 aliphatic carbocycles. The van der Waals surface area contributed by atoms with E-state index in [-0.39, 0.29) is 5.41 Å². The lowest BCUT2D eigenvalue weighted by molar-refractivity contribution is 0.171. The molecule has 1 aliphatic rings. The highest BCUT2D eigenvalue weighted by Crippen LogP contribution is 2.32. The summed E-state index contributed by atoms with van der Waals surface area (Å²) in [5.74, 6) is 2.09. The monoisotopic (exact) mass is 297 g/mol. The van der Waals surface area contributed by atoms with Crippen molar-refractivity contribution >= 4 is 10.8 Å². The van der Waals surface area contributed by atoms with Crippen molar-refractivity contribution in [1.82, 2.24) is 0 Å². The number of rotatable bonds is 6. The van der Waals surface area contributed by atoms with Crippen molar-refractivity contribution in [1.29, 1.82) is 0 Å². The minimum atomic E-state index is -0.995. The van der Waals surface area contributed by atoms with Gasteiger partial charge in [0.1, 0.15) is 13.2 Å². The maximum absolute atomic E-state index is 12.3. The average Bonchev–Trinajstić information content (AvgIpc) is 2.46. The molecule has 4 nitrogen and oxygen atoms in total. The summed E-state index contributed by atoms with van der Waals surface area (Å²) in [6.07, 6.45) is 1.89. The molecule has 0 fully saturated rings. The van der Waals surface area contributed by atoms with Gasteiger partial charge < -0.3 is 15.2 Å². The molecule has 1 atom stereocenters. The predicted octanol–water partition coefficient (Wildman–Crippen LogP) is 2.33. The van der Waals surface area contributed by atoms with Gasteiger partial charge in [-0.1, -0.05) is 13.8 Å². The summed E-state index contributed by atoms with van der Waals surface area (Å²) in [6.45, 7) is 6.06. The molecule has 0 spiro atoms. The first-order chi connectivity index (χ1) is 9.52. The lowest BCUT2D eigenvalue weighted by Crippen LogP contribution is -2.23. The van der Waals surface area contributed by atoms with Crippen molar-refractivity contribution < 1.29 is 13.7 Å². The second kappa shape index (κ2) is 6.59. The standard InChI is InChI=1S/C15H23NO3S/c1-15(2,11-16)6-3-9-20(17)12-4-5-13-14(10-12)19-8-7-18-13/h4-5,10H,3,6-9,11,16H2,1-2H3. The normalized spacial score (nSPS) is 15.9. The molecule has 2 rings (SSSR count). The fraction of sp³-hybridized carbons (Fsp3) is 0.600. The quantitative estimate of drug-likeness (QED) is 0.875. The van der Waals surface area contributed by atoms with Gasteiger partial charge in [-0.3, -0.25) is 4.21 Å². The molecular weight excluding hydrogens is 274 g/mol. The molecule has 2 N–H and O–H groups in total. The van der Waals surface area contributed by atoms with E-state index >= 15 is 0 Å². The number of hydrogen-bond donors (Lipinski definition) is 1. The maximum Gasteiger partial charge on any atom is 0.162 e. The van der Waals surface area contributed by atoms with Gasteiger partial charge in [-0.2, -0.15) is 0 Å². The topological polar surface area (TPSA) is 61.6 Å². The smallest absolute Gasteiger partial charge is 0.162 e. The van der Waals surface area contributed by atoms with E-state index in [0.717, 1.165) is 23.5 Å². The van der Waals surface area contributed by atoms with E-state index in [1.807, 2.05) is 18.2 Å². The SMILES string of the molecule is CC(C)(CN)CCCS(=O)c1ccc2c(c1)OCCO2. The van der Waals surface area contributed by atoms with Gasteiger partial charge in [0.05, 0.1) is 10.8 Å². The summed E-state index contributed by atoms with van der Waals surface area (Å²) in [7, 11) is -0.995. The largest absolute Gasteiger partial charge is 0.486 e. The predicted molar refractivity (Wildman–Crippen MR) is 80.8 cm³/mol. The van der Waals surface area contributed by atoms with Crippen molar-refractivity contribution in [2.24, 2.45) is 11.1 Å². The summed E-state index contributed by atoms with van der Waals surface area (Å²) in [4.78, 5) is 0.805. The van der Waals surface area contributed by atoms with E-state index < -0.39 is 10.8 Å². The molecule has 0 aromatic heterocycles. The molecule has 0 saturated carbocycles. The molecule has 1 aromatic carbocycles. The molecule has 0 saturated heterocycles. The zero-order valence-corrected chi connectivity index (χ0v) is 13.0. The Labute approximate surface area is 123 Å². The van der Waals surface area contributed by atoms with E-state index in [1.165, 1.54) is 0 Å². The molecule has 0 bridgehead atoms. The Morgan fingerprint density at radius 3 is 2.65 bits per heavy atom. The Hall–Kier alpha value is -1.07. The van der Waals surface area contributed by atoms with E-state index in [0.29, 0.717) is 31.3 Å². The van der Waals surface area contributed by atoms with Crippen molar-refractivity contribution in [3.05, 3.63) is 18.2 Å². The highest BCUT2D eigenvalue weighted by molar-refractivity contribution is 7.85. The van der Waals surface area contributed by atoms with Crippen LogP contribution in [0.2, 0.25) is 0 Å². The molecule has 0 radical (unpaired) electrons. The fourth-order valence-electron chi connectivity index (χ4n) is 2.07. The zero-order valence-electron chi connectivity index (χ0n) is 12.2. The Bertz CT molecular complexity index is 488. The highest BCUT2D eigenvalue weighted by atomic mass is 32.2.